The molecule has 5 aliphatic rings. The van der Waals surface area contributed by atoms with Gasteiger partial charge in [0.15, 0.2) is 0 Å². The molecule has 2 unspecified atom stereocenters. The van der Waals surface area contributed by atoms with Crippen LogP contribution in [0.3, 0.4) is 0 Å². The monoisotopic (exact) mass is 1630 g/mol. The van der Waals surface area contributed by atoms with Crippen molar-refractivity contribution >= 4 is 29.5 Å². The van der Waals surface area contributed by atoms with E-state index >= 15 is 0 Å². The minimum Gasteiger partial charge on any atom is -0.352 e. The molecular formula is C70H72F27N9O5. The van der Waals surface area contributed by atoms with Gasteiger partial charge in [-0.1, -0.05) is 18.1 Å². The van der Waals surface area contributed by atoms with Gasteiger partial charge in [-0.3, -0.25) is 24.0 Å². The molecule has 1 saturated carbocycles. The summed E-state index contributed by atoms with van der Waals surface area (Å²) < 4.78 is 343. The number of amides is 5. The molecule has 616 valence electrons. The summed E-state index contributed by atoms with van der Waals surface area (Å²) in [6.07, 6.45) is -35.4. The van der Waals surface area contributed by atoms with Gasteiger partial charge in [0.1, 0.15) is 0 Å². The number of halogens is 27. The number of alkyl halides is 27. The molecule has 0 spiro atoms. The summed E-state index contributed by atoms with van der Waals surface area (Å²) in [6.45, 7) is 2.93. The molecule has 4 heterocycles. The van der Waals surface area contributed by atoms with Crippen molar-refractivity contribution in [2.45, 2.75) is 190 Å². The lowest BCUT2D eigenvalue weighted by Gasteiger charge is -2.24. The molecule has 0 radical (unpaired) electrons. The molecule has 5 fully saturated rings. The normalized spacial score (nSPS) is 18.5. The molecule has 0 aromatic heterocycles. The topological polar surface area (TPSA) is 194 Å². The Balaban J connectivity index is 0.000000217. The van der Waals surface area contributed by atoms with E-state index in [0.717, 1.165) is 57.2 Å². The molecule has 14 nitrogen and oxygen atoms in total. The molecule has 1 aliphatic carbocycles. The molecule has 0 bridgehead atoms. The van der Waals surface area contributed by atoms with E-state index in [1.54, 1.807) is 13.0 Å². The van der Waals surface area contributed by atoms with Crippen LogP contribution in [0, 0.1) is 12.8 Å². The van der Waals surface area contributed by atoms with E-state index in [-0.39, 0.29) is 83.4 Å². The van der Waals surface area contributed by atoms with Gasteiger partial charge in [0.25, 0.3) is 0 Å². The molecule has 9 N–H and O–H groups in total. The first kappa shape index (κ1) is 91.3. The van der Waals surface area contributed by atoms with E-state index in [2.05, 4.69) is 47.9 Å². The number of hydrogen-bond acceptors (Lipinski definition) is 9. The number of benzene rings is 5. The number of rotatable bonds is 15. The Bertz CT molecular complexity index is 3570. The second-order valence-corrected chi connectivity index (χ2v) is 26.2. The second kappa shape index (κ2) is 37.8. The maximum absolute atomic E-state index is 12.7. The van der Waals surface area contributed by atoms with Crippen molar-refractivity contribution in [1.29, 1.82) is 0 Å². The van der Waals surface area contributed by atoms with Crippen molar-refractivity contribution in [3.63, 3.8) is 0 Å². The fraction of sp³-hybridized carbons (Fsp3) is 0.500. The van der Waals surface area contributed by atoms with Crippen LogP contribution < -0.4 is 47.9 Å². The van der Waals surface area contributed by atoms with Crippen molar-refractivity contribution in [2.24, 2.45) is 5.92 Å². The Morgan fingerprint density at radius 1 is 0.261 bits per heavy atom. The van der Waals surface area contributed by atoms with E-state index in [1.807, 2.05) is 0 Å². The highest BCUT2D eigenvalue weighted by Crippen LogP contribution is 2.41. The van der Waals surface area contributed by atoms with Crippen LogP contribution in [0.2, 0.25) is 0 Å². The molecule has 4 saturated heterocycles. The quantitative estimate of drug-likeness (QED) is 0.0459. The van der Waals surface area contributed by atoms with Gasteiger partial charge in [-0.25, -0.2) is 0 Å². The summed E-state index contributed by atoms with van der Waals surface area (Å²) in [5.41, 5.74) is -11.8. The largest absolute Gasteiger partial charge is 0.416 e. The van der Waals surface area contributed by atoms with Crippen molar-refractivity contribution in [3.05, 3.63) is 174 Å². The van der Waals surface area contributed by atoms with Gasteiger partial charge in [-0.2, -0.15) is 119 Å². The fourth-order valence-corrected chi connectivity index (χ4v) is 11.5. The van der Waals surface area contributed by atoms with E-state index < -0.39 is 161 Å². The van der Waals surface area contributed by atoms with E-state index in [0.29, 0.717) is 111 Å². The molecule has 5 aromatic carbocycles. The van der Waals surface area contributed by atoms with Crippen molar-refractivity contribution in [1.82, 2.24) is 47.9 Å². The molecule has 111 heavy (non-hydrogen) atoms. The van der Waals surface area contributed by atoms with E-state index in [4.69, 9.17) is 0 Å². The zero-order chi connectivity index (χ0) is 83.0. The Hall–Kier alpha value is -8.60. The fourth-order valence-electron chi connectivity index (χ4n) is 11.5. The molecular weight excluding hydrogens is 1560 g/mol. The third kappa shape index (κ3) is 29.5. The first-order valence-electron chi connectivity index (χ1n) is 33.8. The van der Waals surface area contributed by atoms with Gasteiger partial charge in [-0.15, -0.1) is 0 Å². The Labute approximate surface area is 614 Å². The molecule has 5 amide bonds. The first-order valence-corrected chi connectivity index (χ1v) is 33.8. The summed E-state index contributed by atoms with van der Waals surface area (Å²) >= 11 is 0. The summed E-state index contributed by atoms with van der Waals surface area (Å²) in [5.74, 6) is -1.99. The van der Waals surface area contributed by atoms with Crippen LogP contribution in [0.15, 0.2) is 91.0 Å². The first-order chi connectivity index (χ1) is 51.1. The molecule has 4 atom stereocenters. The minimum absolute atomic E-state index is 0.0594. The summed E-state index contributed by atoms with van der Waals surface area (Å²) in [6, 6.07) is 7.38. The maximum Gasteiger partial charge on any atom is 0.416 e. The number of carbonyl (C=O) groups is 5. The average Bonchev–Trinajstić information content (AvgIpc) is 1.74. The summed E-state index contributed by atoms with van der Waals surface area (Å²) in [4.78, 5) is 58.7. The highest BCUT2D eigenvalue weighted by molar-refractivity contribution is 5.83. The summed E-state index contributed by atoms with van der Waals surface area (Å²) in [5, 5.41) is 23.9. The Morgan fingerprint density at radius 2 is 0.441 bits per heavy atom. The van der Waals surface area contributed by atoms with Crippen LogP contribution in [0.25, 0.3) is 0 Å². The minimum atomic E-state index is -4.90. The van der Waals surface area contributed by atoms with Gasteiger partial charge >= 0.3 is 55.6 Å². The molecule has 4 aliphatic heterocycles. The number of hydrogen-bond donors (Lipinski definition) is 9. The van der Waals surface area contributed by atoms with Gasteiger partial charge in [-0.05, 0) is 210 Å². The van der Waals surface area contributed by atoms with Crippen LogP contribution in [0.4, 0.5) is 119 Å². The molecule has 41 heteroatoms. The van der Waals surface area contributed by atoms with Crippen LogP contribution in [0.1, 0.15) is 154 Å². The Kier molecular flexibility index (Phi) is 31.1. The van der Waals surface area contributed by atoms with E-state index in [1.165, 1.54) is 0 Å². The van der Waals surface area contributed by atoms with Gasteiger partial charge in [0.2, 0.25) is 29.5 Å². The smallest absolute Gasteiger partial charge is 0.352 e. The van der Waals surface area contributed by atoms with Crippen molar-refractivity contribution in [2.75, 3.05) is 26.2 Å². The van der Waals surface area contributed by atoms with Crippen LogP contribution in [-0.4, -0.2) is 79.9 Å². The zero-order valence-corrected chi connectivity index (χ0v) is 57.9. The lowest BCUT2D eigenvalue weighted by molar-refractivity contribution is -0.144. The lowest BCUT2D eigenvalue weighted by atomic mass is 9.85. The van der Waals surface area contributed by atoms with Crippen LogP contribution in [-0.2, 0) is 112 Å². The van der Waals surface area contributed by atoms with E-state index in [9.17, 15) is 143 Å². The molecule has 10 rings (SSSR count). The highest BCUT2D eigenvalue weighted by Gasteiger charge is 2.42. The van der Waals surface area contributed by atoms with Crippen LogP contribution >= 0.6 is 0 Å². The number of nitrogens with one attached hydrogen (secondary N) is 9. The van der Waals surface area contributed by atoms with Gasteiger partial charge in [0.05, 0.1) is 74.2 Å². The Morgan fingerprint density at radius 3 is 0.604 bits per heavy atom. The molecule has 5 aromatic rings. The third-order valence-electron chi connectivity index (χ3n) is 17.4. The SMILES string of the molecule is Cc1cc(CNC(=O)[C@H]2CCCN2)cc(C(F)(F)F)c1.O=C(NCc1cc(C(F)(F)F)cc(C(F)(F)F)c1)C1CCC1.O=C(NCc1cc(C(F)(F)F)cc(C(F)(F)F)c1)C1CCCN1.O=C(NCc1cc(C(F)(F)F)cc(C(F)(F)F)c1)C1CCCN1.O=C(NCc1cc(C(F)(F)F)cc(C(F)(F)F)c1)[C@H]1CCCN1. The predicted octanol–water partition coefficient (Wildman–Crippen LogP) is 15.8. The highest BCUT2D eigenvalue weighted by atomic mass is 19.4. The van der Waals surface area contributed by atoms with Gasteiger partial charge in [0, 0.05) is 38.6 Å². The third-order valence-corrected chi connectivity index (χ3v) is 17.4. The van der Waals surface area contributed by atoms with Gasteiger partial charge < -0.3 is 47.9 Å². The number of aryl methyl sites for hydroxylation is 1. The standard InChI is InChI=1S/3C14H14F6N2O.C14H13F6NO.C14H17F3N2O/c3*15-13(16,17)9-4-8(5-10(6-9)14(18,19)20)7-22-12(23)11-2-1-3-21-11;15-13(16,17)10-4-8(5-11(6-10)14(18,19)20)7-21-12(22)9-2-1-3-9;1-9-5-10(7-11(6-9)14(15,16)17)8-19-13(20)12-3-2-4-18-12/h3*4-6,11,21H,1-3,7H2,(H,22,23);4-6,9H,1-3,7H2,(H,21,22);5-7,12,18H,2-4,8H2,1H3,(H,19,20)/t11-;;;;12-/m1...1/s1. The lowest BCUT2D eigenvalue weighted by Crippen LogP contribution is -2.40. The average molecular weight is 1630 g/mol. The zero-order valence-electron chi connectivity index (χ0n) is 57.9. The van der Waals surface area contributed by atoms with Crippen LogP contribution in [0.5, 0.6) is 0 Å². The second-order valence-electron chi connectivity index (χ2n) is 26.2. The number of carbonyl (C=O) groups excluding carboxylic acids is 5. The van der Waals surface area contributed by atoms with Crippen molar-refractivity contribution < 1.29 is 143 Å². The maximum atomic E-state index is 12.7. The summed E-state index contributed by atoms with van der Waals surface area (Å²) in [7, 11) is 0. The van der Waals surface area contributed by atoms with Crippen molar-refractivity contribution in [3.8, 4) is 0 Å². The predicted molar refractivity (Wildman–Crippen MR) is 343 cm³/mol.